The Morgan fingerprint density at radius 3 is 2.60 bits per heavy atom. The fourth-order valence-corrected chi connectivity index (χ4v) is 2.75. The molecule has 0 spiro atoms. The average molecular weight is 341 g/mol. The number of carbonyl (C=O) groups excluding carboxylic acids is 1. The number of halogens is 2. The van der Waals surface area contributed by atoms with Crippen LogP contribution in [0, 0.1) is 11.6 Å². The zero-order valence-electron chi connectivity index (χ0n) is 13.8. The molecule has 0 saturated carbocycles. The molecule has 0 saturated heterocycles. The Bertz CT molecular complexity index is 906. The van der Waals surface area contributed by atoms with Crippen molar-refractivity contribution in [2.75, 3.05) is 11.9 Å². The van der Waals surface area contributed by atoms with Gasteiger partial charge in [0.15, 0.2) is 18.2 Å². The Morgan fingerprint density at radius 2 is 1.80 bits per heavy atom. The normalized spacial score (nSPS) is 12.1. The van der Waals surface area contributed by atoms with Crippen LogP contribution in [0.1, 0.15) is 18.5 Å². The fourth-order valence-electron chi connectivity index (χ4n) is 2.75. The van der Waals surface area contributed by atoms with Crippen LogP contribution in [0.2, 0.25) is 0 Å². The molecule has 0 heterocycles. The summed E-state index contributed by atoms with van der Waals surface area (Å²) in [6.07, 6.45) is 0. The maximum Gasteiger partial charge on any atom is 0.279 e. The molecular weight excluding hydrogens is 322 g/mol. The van der Waals surface area contributed by atoms with E-state index in [1.807, 2.05) is 49.4 Å². The van der Waals surface area contributed by atoms with Crippen LogP contribution in [0.3, 0.4) is 0 Å². The molecule has 1 atom stereocenters. The predicted molar refractivity (Wildman–Crippen MR) is 94.1 cm³/mol. The minimum absolute atomic E-state index is 0.147. The summed E-state index contributed by atoms with van der Waals surface area (Å²) in [4.78, 5) is 12.2. The molecular formula is C20H19F2N2O+. The summed E-state index contributed by atoms with van der Waals surface area (Å²) in [5.74, 6) is -1.90. The second-order valence-electron chi connectivity index (χ2n) is 5.98. The summed E-state index contributed by atoms with van der Waals surface area (Å²) in [5.41, 5.74) is 1.40. The van der Waals surface area contributed by atoms with Gasteiger partial charge in [-0.2, -0.15) is 0 Å². The Kier molecular flexibility index (Phi) is 5.05. The SMILES string of the molecule is C[C@H]([NH2+]CC(=O)Nc1cccc2ccccc12)c1ccc(F)c(F)c1. The van der Waals surface area contributed by atoms with Crippen molar-refractivity contribution in [2.24, 2.45) is 0 Å². The molecule has 1 amide bonds. The average Bonchev–Trinajstić information content (AvgIpc) is 2.62. The molecule has 0 radical (unpaired) electrons. The summed E-state index contributed by atoms with van der Waals surface area (Å²) in [7, 11) is 0. The third kappa shape index (κ3) is 4.00. The summed E-state index contributed by atoms with van der Waals surface area (Å²) < 4.78 is 26.3. The summed E-state index contributed by atoms with van der Waals surface area (Å²) in [6.45, 7) is 2.03. The lowest BCUT2D eigenvalue weighted by atomic mass is 10.1. The molecule has 3 nitrogen and oxygen atoms in total. The third-order valence-corrected chi connectivity index (χ3v) is 4.19. The summed E-state index contributed by atoms with van der Waals surface area (Å²) in [6, 6.07) is 17.2. The van der Waals surface area contributed by atoms with E-state index in [2.05, 4.69) is 5.32 Å². The molecule has 5 heteroatoms. The van der Waals surface area contributed by atoms with Crippen molar-refractivity contribution in [3.8, 4) is 0 Å². The van der Waals surface area contributed by atoms with E-state index in [0.717, 1.165) is 22.5 Å². The van der Waals surface area contributed by atoms with Gasteiger partial charge in [0.05, 0.1) is 0 Å². The molecule has 0 bridgehead atoms. The lowest BCUT2D eigenvalue weighted by Crippen LogP contribution is -2.86. The van der Waals surface area contributed by atoms with Crippen LogP contribution in [0.4, 0.5) is 14.5 Å². The first kappa shape index (κ1) is 17.0. The number of rotatable bonds is 5. The number of nitrogens with one attached hydrogen (secondary N) is 1. The number of anilines is 1. The van der Waals surface area contributed by atoms with Crippen LogP contribution in [-0.4, -0.2) is 12.5 Å². The van der Waals surface area contributed by atoms with E-state index in [0.29, 0.717) is 5.56 Å². The molecule has 0 aliphatic rings. The molecule has 3 aromatic carbocycles. The number of nitrogens with two attached hydrogens (primary N) is 1. The minimum Gasteiger partial charge on any atom is -0.333 e. The third-order valence-electron chi connectivity index (χ3n) is 4.19. The number of hydrogen-bond donors (Lipinski definition) is 2. The molecule has 0 aliphatic heterocycles. The van der Waals surface area contributed by atoms with Gasteiger partial charge in [0.2, 0.25) is 0 Å². The molecule has 0 aromatic heterocycles. The van der Waals surface area contributed by atoms with E-state index >= 15 is 0 Å². The number of hydrogen-bond acceptors (Lipinski definition) is 1. The molecule has 0 aliphatic carbocycles. The highest BCUT2D eigenvalue weighted by atomic mass is 19.2. The molecule has 128 valence electrons. The lowest BCUT2D eigenvalue weighted by molar-refractivity contribution is -0.682. The van der Waals surface area contributed by atoms with Crippen molar-refractivity contribution in [1.82, 2.24) is 0 Å². The zero-order chi connectivity index (χ0) is 17.8. The number of quaternary nitrogens is 1. The van der Waals surface area contributed by atoms with Crippen molar-refractivity contribution >= 4 is 22.4 Å². The van der Waals surface area contributed by atoms with E-state index < -0.39 is 11.6 Å². The van der Waals surface area contributed by atoms with Gasteiger partial charge in [-0.1, -0.05) is 36.4 Å². The summed E-state index contributed by atoms with van der Waals surface area (Å²) in [5, 5.41) is 6.73. The van der Waals surface area contributed by atoms with E-state index in [1.165, 1.54) is 12.1 Å². The van der Waals surface area contributed by atoms with Gasteiger partial charge in [-0.3, -0.25) is 4.79 Å². The van der Waals surface area contributed by atoms with Crippen molar-refractivity contribution in [1.29, 1.82) is 0 Å². The van der Waals surface area contributed by atoms with E-state index in [1.54, 1.807) is 5.32 Å². The molecule has 3 N–H and O–H groups in total. The van der Waals surface area contributed by atoms with Gasteiger partial charge >= 0.3 is 0 Å². The van der Waals surface area contributed by atoms with E-state index in [9.17, 15) is 13.6 Å². The highest BCUT2D eigenvalue weighted by molar-refractivity contribution is 6.02. The predicted octanol–water partition coefficient (Wildman–Crippen LogP) is 3.38. The largest absolute Gasteiger partial charge is 0.333 e. The molecule has 3 rings (SSSR count). The van der Waals surface area contributed by atoms with E-state index in [-0.39, 0.29) is 18.5 Å². The van der Waals surface area contributed by atoms with Gasteiger partial charge in [-0.25, -0.2) is 8.78 Å². The van der Waals surface area contributed by atoms with Crippen LogP contribution in [0.25, 0.3) is 10.8 Å². The Hall–Kier alpha value is -2.79. The van der Waals surface area contributed by atoms with Crippen LogP contribution in [0.15, 0.2) is 60.7 Å². The first-order chi connectivity index (χ1) is 12.0. The van der Waals surface area contributed by atoms with Crippen LogP contribution < -0.4 is 10.6 Å². The molecule has 0 unspecified atom stereocenters. The van der Waals surface area contributed by atoms with Gasteiger partial charge in [-0.15, -0.1) is 0 Å². The van der Waals surface area contributed by atoms with Gasteiger partial charge in [-0.05, 0) is 36.6 Å². The van der Waals surface area contributed by atoms with Crippen LogP contribution >= 0.6 is 0 Å². The van der Waals surface area contributed by atoms with Gasteiger partial charge in [0.1, 0.15) is 6.04 Å². The van der Waals surface area contributed by atoms with Gasteiger partial charge in [0, 0.05) is 16.6 Å². The Balaban J connectivity index is 1.63. The zero-order valence-corrected chi connectivity index (χ0v) is 13.8. The maximum absolute atomic E-state index is 13.3. The number of fused-ring (bicyclic) bond motifs is 1. The number of benzene rings is 3. The highest BCUT2D eigenvalue weighted by Crippen LogP contribution is 2.22. The van der Waals surface area contributed by atoms with Crippen molar-refractivity contribution < 1.29 is 18.9 Å². The van der Waals surface area contributed by atoms with Crippen molar-refractivity contribution in [2.45, 2.75) is 13.0 Å². The fraction of sp³-hybridized carbons (Fsp3) is 0.150. The monoisotopic (exact) mass is 341 g/mol. The van der Waals surface area contributed by atoms with Crippen molar-refractivity contribution in [3.05, 3.63) is 77.9 Å². The minimum atomic E-state index is -0.877. The number of carbonyl (C=O) groups is 1. The molecule has 0 fully saturated rings. The number of amides is 1. The first-order valence-electron chi connectivity index (χ1n) is 8.10. The summed E-state index contributed by atoms with van der Waals surface area (Å²) >= 11 is 0. The topological polar surface area (TPSA) is 45.7 Å². The van der Waals surface area contributed by atoms with Crippen LogP contribution in [-0.2, 0) is 4.79 Å². The Morgan fingerprint density at radius 1 is 1.04 bits per heavy atom. The maximum atomic E-state index is 13.3. The lowest BCUT2D eigenvalue weighted by Gasteiger charge is -2.12. The van der Waals surface area contributed by atoms with Gasteiger partial charge < -0.3 is 10.6 Å². The van der Waals surface area contributed by atoms with Gasteiger partial charge in [0.25, 0.3) is 5.91 Å². The van der Waals surface area contributed by atoms with Crippen molar-refractivity contribution in [3.63, 3.8) is 0 Å². The quantitative estimate of drug-likeness (QED) is 0.734. The Labute approximate surface area is 144 Å². The second-order valence-corrected chi connectivity index (χ2v) is 5.98. The standard InChI is InChI=1S/C20H18F2N2O/c1-13(15-9-10-17(21)18(22)11-15)23-12-20(25)24-19-8-4-6-14-5-2-3-7-16(14)19/h2-11,13,23H,12H2,1H3,(H,24,25)/p+1/t13-/m0/s1. The second kappa shape index (κ2) is 7.40. The highest BCUT2D eigenvalue weighted by Gasteiger charge is 2.14. The van der Waals surface area contributed by atoms with Crippen LogP contribution in [0.5, 0.6) is 0 Å². The molecule has 25 heavy (non-hydrogen) atoms. The van der Waals surface area contributed by atoms with E-state index in [4.69, 9.17) is 0 Å². The molecule has 3 aromatic rings. The smallest absolute Gasteiger partial charge is 0.279 e. The first-order valence-corrected chi connectivity index (χ1v) is 8.10.